The third-order valence-electron chi connectivity index (χ3n) is 8.91. The summed E-state index contributed by atoms with van der Waals surface area (Å²) in [4.78, 5) is 41.0. The van der Waals surface area contributed by atoms with E-state index in [0.29, 0.717) is 77.3 Å². The molecule has 4 rings (SSSR count). The van der Waals surface area contributed by atoms with Crippen LogP contribution in [0.25, 0.3) is 21.9 Å². The molecule has 0 aliphatic carbocycles. The van der Waals surface area contributed by atoms with Crippen molar-refractivity contribution in [2.45, 2.75) is 52.0 Å². The third-order valence-corrected chi connectivity index (χ3v) is 8.91. The summed E-state index contributed by atoms with van der Waals surface area (Å²) < 4.78 is 28.4. The molecule has 0 unspecified atom stereocenters. The smallest absolute Gasteiger partial charge is 0.305 e. The predicted octanol–water partition coefficient (Wildman–Crippen LogP) is 6.42. The fourth-order valence-electron chi connectivity index (χ4n) is 5.87. The molecule has 1 aromatic heterocycles. The summed E-state index contributed by atoms with van der Waals surface area (Å²) in [5.41, 5.74) is 2.55. The number of unbranched alkanes of at least 4 members (excludes halogenated alkanes) is 1. The van der Waals surface area contributed by atoms with Crippen LogP contribution < -0.4 is 20.7 Å². The number of amides is 2. The Balaban J connectivity index is 1.18. The molecule has 0 saturated heterocycles. The largest absolute Gasteiger partial charge is 0.491 e. The summed E-state index contributed by atoms with van der Waals surface area (Å²) in [6.45, 7) is 9.45. The normalized spacial score (nSPS) is 11.7. The van der Waals surface area contributed by atoms with Crippen LogP contribution in [0.15, 0.2) is 85.1 Å². The van der Waals surface area contributed by atoms with E-state index < -0.39 is 17.9 Å². The Morgan fingerprint density at radius 2 is 1.35 bits per heavy atom. The second kappa shape index (κ2) is 26.0. The molecule has 0 radical (unpaired) electrons. The molecular formula is C44H58N4O9. The van der Waals surface area contributed by atoms with Gasteiger partial charge in [0, 0.05) is 31.2 Å². The van der Waals surface area contributed by atoms with Crippen molar-refractivity contribution in [1.82, 2.24) is 15.6 Å². The molecule has 4 N–H and O–H groups in total. The van der Waals surface area contributed by atoms with Crippen molar-refractivity contribution >= 4 is 34.4 Å². The highest BCUT2D eigenvalue weighted by Gasteiger charge is 2.19. The number of benzene rings is 3. The summed E-state index contributed by atoms with van der Waals surface area (Å²) in [6, 6.07) is 24.2. The number of rotatable bonds is 29. The summed E-state index contributed by atoms with van der Waals surface area (Å²) >= 11 is 0. The predicted molar refractivity (Wildman–Crippen MR) is 220 cm³/mol. The SMILES string of the molecule is CC(C)CCOCCOCCOCCOCCOc1ccc(-c2ccc([C@H](CC(=O)O)NC(=O)CNC(=O)CCCCNc3ccccn3)cc2)c2ccccc12. The number of carboxylic acid groups (broad SMARTS) is 1. The Labute approximate surface area is 335 Å². The van der Waals surface area contributed by atoms with E-state index in [1.165, 1.54) is 0 Å². The molecular weight excluding hydrogens is 729 g/mol. The fraction of sp³-hybridized carbons (Fsp3) is 0.455. The molecule has 0 saturated carbocycles. The zero-order valence-corrected chi connectivity index (χ0v) is 33.2. The molecule has 0 aliphatic heterocycles. The van der Waals surface area contributed by atoms with Crippen LogP contribution in [0.2, 0.25) is 0 Å². The van der Waals surface area contributed by atoms with Gasteiger partial charge in [-0.1, -0.05) is 74.5 Å². The number of nitrogens with one attached hydrogen (secondary N) is 3. The Kier molecular flexibility index (Phi) is 20.3. The quantitative estimate of drug-likeness (QED) is 0.0449. The first kappa shape index (κ1) is 44.6. The van der Waals surface area contributed by atoms with E-state index in [4.69, 9.17) is 23.7 Å². The highest BCUT2D eigenvalue weighted by Crippen LogP contribution is 2.35. The van der Waals surface area contributed by atoms with Crippen molar-refractivity contribution in [3.05, 3.63) is 90.6 Å². The number of pyridine rings is 1. The number of anilines is 1. The lowest BCUT2D eigenvalue weighted by molar-refractivity contribution is -0.138. The van der Waals surface area contributed by atoms with E-state index in [1.807, 2.05) is 78.9 Å². The number of nitrogens with zero attached hydrogens (tertiary/aromatic N) is 1. The summed E-state index contributed by atoms with van der Waals surface area (Å²) in [5, 5.41) is 20.1. The number of aliphatic carboxylic acids is 1. The van der Waals surface area contributed by atoms with Crippen LogP contribution in [-0.4, -0.2) is 100 Å². The van der Waals surface area contributed by atoms with Gasteiger partial charge in [0.2, 0.25) is 11.8 Å². The first-order valence-corrected chi connectivity index (χ1v) is 19.8. The van der Waals surface area contributed by atoms with Gasteiger partial charge in [-0.15, -0.1) is 0 Å². The van der Waals surface area contributed by atoms with E-state index in [9.17, 15) is 19.5 Å². The van der Waals surface area contributed by atoms with E-state index in [2.05, 4.69) is 34.8 Å². The summed E-state index contributed by atoms with van der Waals surface area (Å²) in [5.74, 6) is 0.397. The van der Waals surface area contributed by atoms with Gasteiger partial charge in [0.15, 0.2) is 0 Å². The van der Waals surface area contributed by atoms with Crippen molar-refractivity contribution in [3.63, 3.8) is 0 Å². The molecule has 0 aliphatic rings. The van der Waals surface area contributed by atoms with Crippen LogP contribution in [0, 0.1) is 5.92 Å². The Bertz CT molecular complexity index is 1770. The number of hydrogen-bond acceptors (Lipinski definition) is 10. The van der Waals surface area contributed by atoms with Crippen LogP contribution in [0.3, 0.4) is 0 Å². The first-order chi connectivity index (χ1) is 27.8. The van der Waals surface area contributed by atoms with Gasteiger partial charge in [-0.3, -0.25) is 14.4 Å². The molecule has 0 fully saturated rings. The average Bonchev–Trinajstić information content (AvgIpc) is 3.21. The minimum absolute atomic E-state index is 0.243. The molecule has 3 aromatic carbocycles. The number of carbonyl (C=O) groups is 3. The molecule has 308 valence electrons. The van der Waals surface area contributed by atoms with E-state index in [1.54, 1.807) is 6.20 Å². The highest BCUT2D eigenvalue weighted by atomic mass is 16.6. The second-order valence-corrected chi connectivity index (χ2v) is 13.9. The summed E-state index contributed by atoms with van der Waals surface area (Å²) in [6.07, 6.45) is 4.14. The first-order valence-electron chi connectivity index (χ1n) is 19.8. The molecule has 2 amide bonds. The number of fused-ring (bicyclic) bond motifs is 1. The van der Waals surface area contributed by atoms with Crippen molar-refractivity contribution in [2.75, 3.05) is 77.9 Å². The van der Waals surface area contributed by atoms with Crippen molar-refractivity contribution < 1.29 is 43.2 Å². The lowest BCUT2D eigenvalue weighted by Gasteiger charge is -2.19. The van der Waals surface area contributed by atoms with Crippen LogP contribution in [-0.2, 0) is 33.3 Å². The Morgan fingerprint density at radius 1 is 0.702 bits per heavy atom. The van der Waals surface area contributed by atoms with Crippen molar-refractivity contribution in [2.24, 2.45) is 5.92 Å². The minimum atomic E-state index is -1.05. The van der Waals surface area contributed by atoms with E-state index in [-0.39, 0.29) is 25.3 Å². The van der Waals surface area contributed by atoms with Crippen LogP contribution in [0.4, 0.5) is 5.82 Å². The zero-order valence-electron chi connectivity index (χ0n) is 33.2. The third kappa shape index (κ3) is 17.3. The van der Waals surface area contributed by atoms with E-state index >= 15 is 0 Å². The molecule has 57 heavy (non-hydrogen) atoms. The lowest BCUT2D eigenvalue weighted by atomic mass is 9.95. The van der Waals surface area contributed by atoms with Gasteiger partial charge in [-0.2, -0.15) is 0 Å². The maximum absolute atomic E-state index is 12.8. The second-order valence-electron chi connectivity index (χ2n) is 13.9. The molecule has 1 atom stereocenters. The molecule has 0 bridgehead atoms. The number of carboxylic acids is 1. The van der Waals surface area contributed by atoms with E-state index in [0.717, 1.165) is 52.9 Å². The number of aromatic nitrogens is 1. The van der Waals surface area contributed by atoms with Crippen LogP contribution in [0.5, 0.6) is 5.75 Å². The zero-order chi connectivity index (χ0) is 40.5. The maximum atomic E-state index is 12.8. The number of hydrogen-bond donors (Lipinski definition) is 4. The van der Waals surface area contributed by atoms with Gasteiger partial charge in [0.25, 0.3) is 0 Å². The van der Waals surface area contributed by atoms with Crippen molar-refractivity contribution in [3.8, 4) is 16.9 Å². The van der Waals surface area contributed by atoms with Crippen LogP contribution in [0.1, 0.15) is 57.6 Å². The Morgan fingerprint density at radius 3 is 2.00 bits per heavy atom. The van der Waals surface area contributed by atoms with Crippen molar-refractivity contribution in [1.29, 1.82) is 0 Å². The van der Waals surface area contributed by atoms with Gasteiger partial charge in [0.05, 0.1) is 65.3 Å². The van der Waals surface area contributed by atoms with Gasteiger partial charge in [0.1, 0.15) is 18.2 Å². The minimum Gasteiger partial charge on any atom is -0.491 e. The number of carbonyl (C=O) groups excluding carboxylic acids is 2. The van der Waals surface area contributed by atoms with Gasteiger partial charge in [-0.25, -0.2) is 4.98 Å². The molecule has 1 heterocycles. The highest BCUT2D eigenvalue weighted by molar-refractivity contribution is 6.00. The molecule has 13 heteroatoms. The lowest BCUT2D eigenvalue weighted by Crippen LogP contribution is -2.39. The Hall–Kier alpha value is -5.08. The number of ether oxygens (including phenoxy) is 5. The van der Waals surface area contributed by atoms with Gasteiger partial charge >= 0.3 is 5.97 Å². The summed E-state index contributed by atoms with van der Waals surface area (Å²) in [7, 11) is 0. The fourth-order valence-corrected chi connectivity index (χ4v) is 5.87. The maximum Gasteiger partial charge on any atom is 0.305 e. The monoisotopic (exact) mass is 786 g/mol. The van der Waals surface area contributed by atoms with Gasteiger partial charge in [-0.05, 0) is 65.5 Å². The van der Waals surface area contributed by atoms with Crippen LogP contribution >= 0.6 is 0 Å². The molecule has 4 aromatic rings. The standard InChI is InChI=1S/C44H58N4O9/c1-33(2)19-22-53-23-24-54-25-26-55-27-28-56-29-30-57-40-18-17-36(37-9-3-4-10-38(37)40)34-13-15-35(16-14-34)39(31-44(51)52)48-43(50)32-47-42(49)12-6-8-21-46-41-11-5-7-20-45-41/h3-5,7,9-11,13-18,20,33,39H,6,8,12,19,21-32H2,1-2H3,(H,45,46)(H,47,49)(H,48,50)(H,51,52)/t39-/m0/s1. The average molecular weight is 787 g/mol. The topological polar surface area (TPSA) is 167 Å². The molecule has 0 spiro atoms. The van der Waals surface area contributed by atoms with Gasteiger partial charge < -0.3 is 44.7 Å². The molecule has 13 nitrogen and oxygen atoms in total.